The Morgan fingerprint density at radius 2 is 2.08 bits per heavy atom. The van der Waals surface area contributed by atoms with E-state index in [2.05, 4.69) is 58.6 Å². The van der Waals surface area contributed by atoms with Crippen LogP contribution < -0.4 is 5.32 Å². The summed E-state index contributed by atoms with van der Waals surface area (Å²) in [4.78, 5) is 4.43. The molecule has 0 aliphatic heterocycles. The molecule has 0 fully saturated rings. The number of anilines is 2. The molecule has 0 saturated carbocycles. The van der Waals surface area contributed by atoms with E-state index >= 15 is 0 Å². The summed E-state index contributed by atoms with van der Waals surface area (Å²) < 4.78 is 6.21. The maximum Gasteiger partial charge on any atom is 0.239 e. The van der Waals surface area contributed by atoms with E-state index in [1.807, 2.05) is 13.0 Å². The Morgan fingerprint density at radius 3 is 2.84 bits per heavy atom. The standard InChI is InChI=1S/C17H21N5OS2/c1-5-6-14-19-15(23-22-14)12(4)24-17-21-20-16(25-17)18-13-8-7-10(2)11(3)9-13/h7-9,12H,5-6H2,1-4H3,(H,18,20). The summed E-state index contributed by atoms with van der Waals surface area (Å²) in [6.07, 6.45) is 1.84. The fraction of sp³-hybridized carbons (Fsp3) is 0.412. The number of benzene rings is 1. The molecule has 3 rings (SSSR count). The lowest BCUT2D eigenvalue weighted by Gasteiger charge is -2.05. The number of rotatable bonds is 7. The first-order valence-electron chi connectivity index (χ1n) is 8.22. The van der Waals surface area contributed by atoms with Gasteiger partial charge in [-0.1, -0.05) is 41.2 Å². The van der Waals surface area contributed by atoms with Crippen molar-refractivity contribution >= 4 is 33.9 Å². The molecule has 0 saturated heterocycles. The summed E-state index contributed by atoms with van der Waals surface area (Å²) >= 11 is 3.09. The predicted octanol–water partition coefficient (Wildman–Crippen LogP) is 5.09. The normalized spacial score (nSPS) is 12.3. The van der Waals surface area contributed by atoms with Gasteiger partial charge < -0.3 is 9.84 Å². The van der Waals surface area contributed by atoms with Crippen molar-refractivity contribution in [3.8, 4) is 0 Å². The van der Waals surface area contributed by atoms with Crippen molar-refractivity contribution in [1.82, 2.24) is 20.3 Å². The fourth-order valence-corrected chi connectivity index (χ4v) is 4.16. The third-order valence-electron chi connectivity index (χ3n) is 3.75. The molecule has 0 amide bonds. The highest BCUT2D eigenvalue weighted by molar-refractivity contribution is 8.01. The first-order valence-corrected chi connectivity index (χ1v) is 9.91. The number of thioether (sulfide) groups is 1. The van der Waals surface area contributed by atoms with Crippen LogP contribution in [-0.2, 0) is 6.42 Å². The summed E-state index contributed by atoms with van der Waals surface area (Å²) in [6, 6.07) is 6.26. The second-order valence-corrected chi connectivity index (χ2v) is 8.42. The smallest absolute Gasteiger partial charge is 0.239 e. The number of nitrogens with zero attached hydrogens (tertiary/aromatic N) is 4. The topological polar surface area (TPSA) is 76.7 Å². The SMILES string of the molecule is CCCc1noc(C(C)Sc2nnc(Nc3ccc(C)c(C)c3)s2)n1. The van der Waals surface area contributed by atoms with Crippen molar-refractivity contribution in [3.63, 3.8) is 0 Å². The van der Waals surface area contributed by atoms with Crippen molar-refractivity contribution in [1.29, 1.82) is 0 Å². The minimum absolute atomic E-state index is 0.0422. The van der Waals surface area contributed by atoms with Gasteiger partial charge in [-0.25, -0.2) is 0 Å². The zero-order valence-electron chi connectivity index (χ0n) is 14.7. The van der Waals surface area contributed by atoms with Crippen LogP contribution in [0.3, 0.4) is 0 Å². The summed E-state index contributed by atoms with van der Waals surface area (Å²) in [7, 11) is 0. The second kappa shape index (κ2) is 7.97. The Kier molecular flexibility index (Phi) is 5.70. The number of hydrogen-bond acceptors (Lipinski definition) is 8. The minimum Gasteiger partial charge on any atom is -0.338 e. The van der Waals surface area contributed by atoms with Gasteiger partial charge in [0.1, 0.15) is 0 Å². The number of aryl methyl sites for hydroxylation is 3. The molecule has 1 aromatic carbocycles. The molecule has 0 spiro atoms. The molecule has 3 aromatic rings. The lowest BCUT2D eigenvalue weighted by Crippen LogP contribution is -1.91. The van der Waals surface area contributed by atoms with Crippen LogP contribution in [0, 0.1) is 13.8 Å². The first kappa shape index (κ1) is 17.9. The Hall–Kier alpha value is -1.93. The van der Waals surface area contributed by atoms with Crippen molar-refractivity contribution in [2.24, 2.45) is 0 Å². The van der Waals surface area contributed by atoms with E-state index in [4.69, 9.17) is 4.52 Å². The monoisotopic (exact) mass is 375 g/mol. The van der Waals surface area contributed by atoms with Gasteiger partial charge in [0, 0.05) is 12.1 Å². The first-order chi connectivity index (χ1) is 12.0. The van der Waals surface area contributed by atoms with Gasteiger partial charge in [-0.3, -0.25) is 0 Å². The molecule has 1 atom stereocenters. The third-order valence-corrected chi connectivity index (χ3v) is 5.76. The van der Waals surface area contributed by atoms with E-state index in [1.54, 1.807) is 11.8 Å². The quantitative estimate of drug-likeness (QED) is 0.576. The van der Waals surface area contributed by atoms with Crippen LogP contribution in [0.25, 0.3) is 0 Å². The molecular formula is C17H21N5OS2. The van der Waals surface area contributed by atoms with Gasteiger partial charge in [-0.15, -0.1) is 10.2 Å². The molecular weight excluding hydrogens is 354 g/mol. The van der Waals surface area contributed by atoms with E-state index in [0.717, 1.165) is 33.8 Å². The highest BCUT2D eigenvalue weighted by atomic mass is 32.2. The molecule has 8 heteroatoms. The van der Waals surface area contributed by atoms with Crippen molar-refractivity contribution in [2.45, 2.75) is 50.1 Å². The molecule has 0 aliphatic carbocycles. The lowest BCUT2D eigenvalue weighted by atomic mass is 10.1. The van der Waals surface area contributed by atoms with Gasteiger partial charge in [-0.2, -0.15) is 4.98 Å². The Morgan fingerprint density at radius 1 is 1.24 bits per heavy atom. The van der Waals surface area contributed by atoms with Gasteiger partial charge in [0.15, 0.2) is 10.2 Å². The second-order valence-electron chi connectivity index (χ2n) is 5.86. The molecule has 0 aliphatic rings. The van der Waals surface area contributed by atoms with Gasteiger partial charge in [0.2, 0.25) is 11.0 Å². The Balaban J connectivity index is 1.63. The number of hydrogen-bond donors (Lipinski definition) is 1. The molecule has 1 N–H and O–H groups in total. The minimum atomic E-state index is 0.0422. The molecule has 25 heavy (non-hydrogen) atoms. The highest BCUT2D eigenvalue weighted by Crippen LogP contribution is 2.37. The molecule has 2 aromatic heterocycles. The van der Waals surface area contributed by atoms with Crippen LogP contribution in [0.4, 0.5) is 10.8 Å². The Labute approximate surface area is 155 Å². The molecule has 132 valence electrons. The van der Waals surface area contributed by atoms with E-state index in [0.29, 0.717) is 5.89 Å². The number of aromatic nitrogens is 4. The zero-order valence-corrected chi connectivity index (χ0v) is 16.4. The Bertz CT molecular complexity index is 845. The summed E-state index contributed by atoms with van der Waals surface area (Å²) in [5.41, 5.74) is 3.54. The van der Waals surface area contributed by atoms with Gasteiger partial charge in [-0.05, 0) is 50.5 Å². The summed E-state index contributed by atoms with van der Waals surface area (Å²) in [5.74, 6) is 1.40. The fourth-order valence-electron chi connectivity index (χ4n) is 2.21. The van der Waals surface area contributed by atoms with Gasteiger partial charge in [0.25, 0.3) is 0 Å². The molecule has 2 heterocycles. The van der Waals surface area contributed by atoms with Crippen LogP contribution >= 0.6 is 23.1 Å². The average Bonchev–Trinajstić information content (AvgIpc) is 3.21. The molecule has 0 radical (unpaired) electrons. The lowest BCUT2D eigenvalue weighted by molar-refractivity contribution is 0.374. The molecule has 1 unspecified atom stereocenters. The maximum atomic E-state index is 5.34. The van der Waals surface area contributed by atoms with Gasteiger partial charge in [0.05, 0.1) is 5.25 Å². The van der Waals surface area contributed by atoms with E-state index in [9.17, 15) is 0 Å². The van der Waals surface area contributed by atoms with Crippen molar-refractivity contribution in [3.05, 3.63) is 41.0 Å². The van der Waals surface area contributed by atoms with Gasteiger partial charge >= 0.3 is 0 Å². The average molecular weight is 376 g/mol. The van der Waals surface area contributed by atoms with Crippen LogP contribution in [0.15, 0.2) is 27.1 Å². The van der Waals surface area contributed by atoms with Crippen molar-refractivity contribution < 1.29 is 4.52 Å². The molecule has 0 bridgehead atoms. The molecule has 6 nitrogen and oxygen atoms in total. The van der Waals surface area contributed by atoms with Crippen LogP contribution in [0.2, 0.25) is 0 Å². The van der Waals surface area contributed by atoms with Crippen LogP contribution in [0.5, 0.6) is 0 Å². The van der Waals surface area contributed by atoms with Crippen molar-refractivity contribution in [2.75, 3.05) is 5.32 Å². The largest absolute Gasteiger partial charge is 0.338 e. The third kappa shape index (κ3) is 4.58. The zero-order chi connectivity index (χ0) is 17.8. The number of nitrogens with one attached hydrogen (secondary N) is 1. The predicted molar refractivity (Wildman–Crippen MR) is 102 cm³/mol. The maximum absolute atomic E-state index is 5.34. The van der Waals surface area contributed by atoms with E-state index in [-0.39, 0.29) is 5.25 Å². The van der Waals surface area contributed by atoms with E-state index < -0.39 is 0 Å². The van der Waals surface area contributed by atoms with Crippen LogP contribution in [-0.4, -0.2) is 20.3 Å². The highest BCUT2D eigenvalue weighted by Gasteiger charge is 2.18. The summed E-state index contributed by atoms with van der Waals surface area (Å²) in [5, 5.41) is 16.6. The summed E-state index contributed by atoms with van der Waals surface area (Å²) in [6.45, 7) is 8.33. The van der Waals surface area contributed by atoms with E-state index in [1.165, 1.54) is 22.5 Å². The van der Waals surface area contributed by atoms with Crippen LogP contribution in [0.1, 0.15) is 48.4 Å².